The summed E-state index contributed by atoms with van der Waals surface area (Å²) >= 11 is 2.65. The molecule has 0 atom stereocenters. The summed E-state index contributed by atoms with van der Waals surface area (Å²) < 4.78 is 40.3. The summed E-state index contributed by atoms with van der Waals surface area (Å²) in [5, 5.41) is 4.61. The molecular formula is C32H28F3N3S2. The first-order valence-corrected chi connectivity index (χ1v) is 14.7. The molecule has 0 aliphatic rings. The second-order valence-electron chi connectivity index (χ2n) is 11.9. The highest BCUT2D eigenvalue weighted by molar-refractivity contribution is 7.28. The molecule has 0 radical (unpaired) electrons. The average Bonchev–Trinajstić information content (AvgIpc) is 3.44. The van der Waals surface area contributed by atoms with Crippen molar-refractivity contribution in [2.45, 2.75) is 52.6 Å². The maximum atomic E-state index is 13.4. The number of benzene rings is 3. The summed E-state index contributed by atoms with van der Waals surface area (Å²) in [6, 6.07) is 22.9. The van der Waals surface area contributed by atoms with E-state index in [0.717, 1.165) is 38.1 Å². The van der Waals surface area contributed by atoms with Crippen molar-refractivity contribution in [3.8, 4) is 21.8 Å². The zero-order valence-corrected chi connectivity index (χ0v) is 24.5. The van der Waals surface area contributed by atoms with Crippen LogP contribution in [0, 0.1) is 5.41 Å². The molecule has 0 spiro atoms. The molecule has 3 nitrogen and oxygen atoms in total. The minimum Gasteiger partial charge on any atom is -0.248 e. The van der Waals surface area contributed by atoms with Crippen LogP contribution in [0.1, 0.15) is 45.2 Å². The number of halogens is 3. The number of hydrogen-bond donors (Lipinski definition) is 0. The van der Waals surface area contributed by atoms with Gasteiger partial charge in [0.05, 0.1) is 21.6 Å². The number of para-hydroxylation sites is 1. The molecule has 6 rings (SSSR count). The van der Waals surface area contributed by atoms with Crippen molar-refractivity contribution in [3.05, 3.63) is 77.3 Å². The van der Waals surface area contributed by atoms with Crippen LogP contribution in [0.25, 0.3) is 53.2 Å². The number of aromatic nitrogens is 3. The Kier molecular flexibility index (Phi) is 6.27. The van der Waals surface area contributed by atoms with Gasteiger partial charge in [0.15, 0.2) is 9.66 Å². The Bertz CT molecular complexity index is 1860. The van der Waals surface area contributed by atoms with E-state index in [9.17, 15) is 13.2 Å². The van der Waals surface area contributed by atoms with E-state index in [4.69, 9.17) is 9.97 Å². The largest absolute Gasteiger partial charge is 0.394 e. The van der Waals surface area contributed by atoms with Crippen LogP contribution in [0.4, 0.5) is 13.2 Å². The van der Waals surface area contributed by atoms with Gasteiger partial charge in [-0.25, -0.2) is 15.0 Å². The molecule has 0 unspecified atom stereocenters. The van der Waals surface area contributed by atoms with E-state index in [1.165, 1.54) is 47.5 Å². The van der Waals surface area contributed by atoms with Crippen LogP contribution in [0.15, 0.2) is 66.7 Å². The molecule has 3 aromatic heterocycles. The van der Waals surface area contributed by atoms with E-state index < -0.39 is 11.6 Å². The first-order chi connectivity index (χ1) is 18.8. The van der Waals surface area contributed by atoms with Crippen LogP contribution in [0.5, 0.6) is 0 Å². The fourth-order valence-corrected chi connectivity index (χ4v) is 7.25. The van der Waals surface area contributed by atoms with Crippen LogP contribution in [0.2, 0.25) is 0 Å². The van der Waals surface area contributed by atoms with Gasteiger partial charge < -0.3 is 0 Å². The van der Waals surface area contributed by atoms with Gasteiger partial charge in [-0.3, -0.25) is 0 Å². The van der Waals surface area contributed by atoms with Crippen molar-refractivity contribution in [1.82, 2.24) is 15.0 Å². The molecule has 0 bridgehead atoms. The molecule has 40 heavy (non-hydrogen) atoms. The number of hydrogen-bond acceptors (Lipinski definition) is 5. The van der Waals surface area contributed by atoms with E-state index in [1.54, 1.807) is 0 Å². The molecular weight excluding hydrogens is 548 g/mol. The van der Waals surface area contributed by atoms with Crippen LogP contribution in [-0.2, 0) is 11.8 Å². The van der Waals surface area contributed by atoms with Crippen molar-refractivity contribution < 1.29 is 13.2 Å². The molecule has 204 valence electrons. The SMILES string of the molecule is CC(C)(C)c1cc(-c2cc(-c3nc4sc(CC(C)(C)C(F)(F)F)nc4s3)c3ccccc3n2)cc2ccccc12. The monoisotopic (exact) mass is 575 g/mol. The molecule has 3 aromatic carbocycles. The quantitative estimate of drug-likeness (QED) is 0.210. The summed E-state index contributed by atoms with van der Waals surface area (Å²) in [7, 11) is 0. The second kappa shape index (κ2) is 9.35. The highest BCUT2D eigenvalue weighted by Gasteiger charge is 2.47. The highest BCUT2D eigenvalue weighted by Crippen LogP contribution is 2.43. The van der Waals surface area contributed by atoms with Crippen LogP contribution in [-0.4, -0.2) is 21.1 Å². The summed E-state index contributed by atoms with van der Waals surface area (Å²) in [5.41, 5.74) is 3.04. The standard InChI is InChI=1S/C32H28F3N3S2/c1-30(2,3)23-15-19(14-18-10-6-7-11-20(18)23)25-16-22(21-12-8-9-13-24(21)36-25)27-38-29-28(40-27)37-26(39-29)17-31(4,5)32(33,34)35/h6-16H,17H2,1-5H3. The predicted molar refractivity (Wildman–Crippen MR) is 161 cm³/mol. The third-order valence-corrected chi connectivity index (χ3v) is 9.35. The van der Waals surface area contributed by atoms with Crippen molar-refractivity contribution >= 4 is 54.0 Å². The van der Waals surface area contributed by atoms with E-state index in [1.807, 2.05) is 24.3 Å². The molecule has 8 heteroatoms. The summed E-state index contributed by atoms with van der Waals surface area (Å²) in [4.78, 5) is 15.8. The van der Waals surface area contributed by atoms with Crippen molar-refractivity contribution in [3.63, 3.8) is 0 Å². The number of fused-ring (bicyclic) bond motifs is 3. The van der Waals surface area contributed by atoms with E-state index in [2.05, 4.69) is 68.2 Å². The summed E-state index contributed by atoms with van der Waals surface area (Å²) in [6.07, 6.45) is -4.47. The predicted octanol–water partition coefficient (Wildman–Crippen LogP) is 10.2. The second-order valence-corrected chi connectivity index (χ2v) is 13.9. The maximum absolute atomic E-state index is 13.4. The lowest BCUT2D eigenvalue weighted by Gasteiger charge is -2.26. The van der Waals surface area contributed by atoms with Crippen molar-refractivity contribution in [1.29, 1.82) is 0 Å². The maximum Gasteiger partial charge on any atom is 0.394 e. The Morgan fingerprint density at radius 2 is 1.40 bits per heavy atom. The average molecular weight is 576 g/mol. The molecule has 0 aliphatic carbocycles. The van der Waals surface area contributed by atoms with Crippen LogP contribution >= 0.6 is 22.7 Å². The molecule has 6 aromatic rings. The fourth-order valence-electron chi connectivity index (χ4n) is 4.93. The zero-order valence-electron chi connectivity index (χ0n) is 22.8. The van der Waals surface area contributed by atoms with Gasteiger partial charge in [-0.05, 0) is 46.0 Å². The van der Waals surface area contributed by atoms with Crippen molar-refractivity contribution in [2.24, 2.45) is 5.41 Å². The van der Waals surface area contributed by atoms with Gasteiger partial charge in [0.25, 0.3) is 0 Å². The summed E-state index contributed by atoms with van der Waals surface area (Å²) in [5.74, 6) is 0. The number of pyridine rings is 1. The Balaban J connectivity index is 1.48. The van der Waals surface area contributed by atoms with Gasteiger partial charge >= 0.3 is 6.18 Å². The first kappa shape index (κ1) is 26.8. The number of alkyl halides is 3. The molecule has 0 saturated heterocycles. The normalized spacial score (nSPS) is 13.1. The number of thiazole rings is 2. The topological polar surface area (TPSA) is 38.7 Å². The van der Waals surface area contributed by atoms with E-state index in [-0.39, 0.29) is 11.8 Å². The molecule has 0 N–H and O–H groups in total. The lowest BCUT2D eigenvalue weighted by atomic mass is 9.82. The van der Waals surface area contributed by atoms with Gasteiger partial charge in [0, 0.05) is 22.9 Å². The molecule has 0 amide bonds. The first-order valence-electron chi connectivity index (χ1n) is 13.1. The van der Waals surface area contributed by atoms with Gasteiger partial charge in [-0.1, -0.05) is 99.8 Å². The molecule has 0 aliphatic heterocycles. The van der Waals surface area contributed by atoms with Crippen LogP contribution < -0.4 is 0 Å². The Labute approximate surface area is 238 Å². The van der Waals surface area contributed by atoms with E-state index >= 15 is 0 Å². The van der Waals surface area contributed by atoms with E-state index in [0.29, 0.717) is 14.7 Å². The Morgan fingerprint density at radius 3 is 2.10 bits per heavy atom. The number of rotatable bonds is 4. The smallest absolute Gasteiger partial charge is 0.248 e. The van der Waals surface area contributed by atoms with Crippen LogP contribution in [0.3, 0.4) is 0 Å². The zero-order chi connectivity index (χ0) is 28.4. The summed E-state index contributed by atoms with van der Waals surface area (Å²) in [6.45, 7) is 9.08. The number of nitrogens with zero attached hydrogens (tertiary/aromatic N) is 3. The third-order valence-electron chi connectivity index (χ3n) is 7.29. The van der Waals surface area contributed by atoms with Crippen molar-refractivity contribution in [2.75, 3.05) is 0 Å². The van der Waals surface area contributed by atoms with Gasteiger partial charge in [-0.15, -0.1) is 0 Å². The highest BCUT2D eigenvalue weighted by atomic mass is 32.1. The lowest BCUT2D eigenvalue weighted by Crippen LogP contribution is -2.34. The van der Waals surface area contributed by atoms with Gasteiger partial charge in [-0.2, -0.15) is 13.2 Å². The van der Waals surface area contributed by atoms with Gasteiger partial charge in [0.1, 0.15) is 5.01 Å². The third kappa shape index (κ3) is 4.77. The molecule has 0 saturated carbocycles. The minimum absolute atomic E-state index is 0.0565. The Morgan fingerprint density at radius 1 is 0.725 bits per heavy atom. The fraction of sp³-hybridized carbons (Fsp3) is 0.281. The minimum atomic E-state index is -4.30. The Hall–Kier alpha value is -3.36. The molecule has 0 fully saturated rings. The van der Waals surface area contributed by atoms with Gasteiger partial charge in [0.2, 0.25) is 0 Å². The molecule has 3 heterocycles. The lowest BCUT2D eigenvalue weighted by molar-refractivity contribution is -0.211.